The van der Waals surface area contributed by atoms with Crippen molar-refractivity contribution in [3.05, 3.63) is 0 Å². The number of methoxy groups -OCH3 is 1. The minimum atomic E-state index is 0.789. The van der Waals surface area contributed by atoms with Crippen molar-refractivity contribution in [1.82, 2.24) is 5.32 Å². The van der Waals surface area contributed by atoms with E-state index in [2.05, 4.69) is 5.32 Å². The highest BCUT2D eigenvalue weighted by Gasteiger charge is 2.08. The van der Waals surface area contributed by atoms with E-state index in [1.54, 1.807) is 7.11 Å². The van der Waals surface area contributed by atoms with Crippen molar-refractivity contribution in [1.29, 1.82) is 0 Å². The van der Waals surface area contributed by atoms with Gasteiger partial charge in [-0.3, -0.25) is 0 Å². The van der Waals surface area contributed by atoms with E-state index >= 15 is 0 Å². The maximum absolute atomic E-state index is 5.10. The topological polar surface area (TPSA) is 21.3 Å². The van der Waals surface area contributed by atoms with E-state index in [0.29, 0.717) is 0 Å². The standard InChI is InChI=1S/C18H37NO/c1-20-17-13-9-12-16-19-18-14-10-7-5-3-2-4-6-8-11-15-18/h18-19H,2-17H2,1H3. The van der Waals surface area contributed by atoms with Gasteiger partial charge >= 0.3 is 0 Å². The summed E-state index contributed by atoms with van der Waals surface area (Å²) >= 11 is 0. The quantitative estimate of drug-likeness (QED) is 0.659. The summed E-state index contributed by atoms with van der Waals surface area (Å²) in [5.74, 6) is 0. The van der Waals surface area contributed by atoms with Gasteiger partial charge in [-0.15, -0.1) is 0 Å². The van der Waals surface area contributed by atoms with Gasteiger partial charge in [-0.2, -0.15) is 0 Å². The van der Waals surface area contributed by atoms with Crippen molar-refractivity contribution >= 4 is 0 Å². The predicted molar refractivity (Wildman–Crippen MR) is 88.3 cm³/mol. The Labute approximate surface area is 127 Å². The molecule has 0 radical (unpaired) electrons. The fourth-order valence-corrected chi connectivity index (χ4v) is 3.22. The predicted octanol–water partition coefficient (Wildman–Crippen LogP) is 5.07. The van der Waals surface area contributed by atoms with Crippen LogP contribution in [0, 0.1) is 0 Å². The molecule has 0 aromatic carbocycles. The van der Waals surface area contributed by atoms with Crippen molar-refractivity contribution in [2.45, 2.75) is 95.9 Å². The molecule has 120 valence electrons. The van der Waals surface area contributed by atoms with Crippen LogP contribution in [0.5, 0.6) is 0 Å². The number of nitrogens with one attached hydrogen (secondary N) is 1. The molecule has 20 heavy (non-hydrogen) atoms. The van der Waals surface area contributed by atoms with Crippen LogP contribution in [0.15, 0.2) is 0 Å². The molecular weight excluding hydrogens is 246 g/mol. The second-order valence-corrected chi connectivity index (χ2v) is 6.46. The number of hydrogen-bond acceptors (Lipinski definition) is 2. The minimum Gasteiger partial charge on any atom is -0.385 e. The van der Waals surface area contributed by atoms with E-state index in [4.69, 9.17) is 4.74 Å². The van der Waals surface area contributed by atoms with E-state index in [0.717, 1.165) is 12.6 Å². The van der Waals surface area contributed by atoms with E-state index < -0.39 is 0 Å². The lowest BCUT2D eigenvalue weighted by atomic mass is 9.98. The average molecular weight is 284 g/mol. The van der Waals surface area contributed by atoms with Crippen molar-refractivity contribution in [2.75, 3.05) is 20.3 Å². The summed E-state index contributed by atoms with van der Waals surface area (Å²) in [4.78, 5) is 0. The maximum Gasteiger partial charge on any atom is 0.0462 e. The number of hydrogen-bond donors (Lipinski definition) is 1. The second-order valence-electron chi connectivity index (χ2n) is 6.46. The molecule has 0 aliphatic heterocycles. The molecule has 1 aliphatic carbocycles. The summed E-state index contributed by atoms with van der Waals surface area (Å²) in [7, 11) is 1.79. The molecule has 0 spiro atoms. The van der Waals surface area contributed by atoms with Gasteiger partial charge in [0.1, 0.15) is 0 Å². The van der Waals surface area contributed by atoms with Crippen molar-refractivity contribution < 1.29 is 4.74 Å². The molecule has 0 bridgehead atoms. The third-order valence-electron chi connectivity index (χ3n) is 4.56. The van der Waals surface area contributed by atoms with Crippen LogP contribution >= 0.6 is 0 Å². The molecule has 0 aromatic heterocycles. The van der Waals surface area contributed by atoms with E-state index in [9.17, 15) is 0 Å². The Morgan fingerprint density at radius 2 is 1.30 bits per heavy atom. The Balaban J connectivity index is 2.08. The lowest BCUT2D eigenvalue weighted by Gasteiger charge is -2.19. The van der Waals surface area contributed by atoms with Gasteiger partial charge in [-0.25, -0.2) is 0 Å². The van der Waals surface area contributed by atoms with Gasteiger partial charge in [0.05, 0.1) is 0 Å². The Hall–Kier alpha value is -0.0800. The largest absolute Gasteiger partial charge is 0.385 e. The summed E-state index contributed by atoms with van der Waals surface area (Å²) < 4.78 is 5.10. The molecule has 0 unspecified atom stereocenters. The molecule has 1 aliphatic rings. The molecule has 0 heterocycles. The van der Waals surface area contributed by atoms with E-state index in [1.165, 1.54) is 96.4 Å². The van der Waals surface area contributed by atoms with Crippen LogP contribution in [-0.4, -0.2) is 26.3 Å². The smallest absolute Gasteiger partial charge is 0.0462 e. The van der Waals surface area contributed by atoms with Gasteiger partial charge in [0, 0.05) is 19.8 Å². The zero-order valence-electron chi connectivity index (χ0n) is 13.8. The lowest BCUT2D eigenvalue weighted by molar-refractivity contribution is 0.192. The molecule has 1 fully saturated rings. The first kappa shape index (κ1) is 18.0. The summed E-state index contributed by atoms with van der Waals surface area (Å²) in [6.07, 6.45) is 19.7. The first-order chi connectivity index (χ1) is 9.93. The molecule has 1 rings (SSSR count). The van der Waals surface area contributed by atoms with Crippen LogP contribution in [0.25, 0.3) is 0 Å². The SMILES string of the molecule is COCCCCCNC1CCCCCCCCCCC1. The zero-order valence-corrected chi connectivity index (χ0v) is 13.8. The summed E-state index contributed by atoms with van der Waals surface area (Å²) in [6, 6.07) is 0.789. The molecule has 2 nitrogen and oxygen atoms in total. The van der Waals surface area contributed by atoms with Gasteiger partial charge in [0.25, 0.3) is 0 Å². The van der Waals surface area contributed by atoms with Crippen molar-refractivity contribution in [3.63, 3.8) is 0 Å². The number of rotatable bonds is 7. The Kier molecular flexibility index (Phi) is 12.5. The molecule has 2 heteroatoms. The third-order valence-corrected chi connectivity index (χ3v) is 4.56. The third kappa shape index (κ3) is 10.7. The Morgan fingerprint density at radius 1 is 0.750 bits per heavy atom. The van der Waals surface area contributed by atoms with Crippen LogP contribution in [0.4, 0.5) is 0 Å². The highest BCUT2D eigenvalue weighted by molar-refractivity contribution is 4.68. The van der Waals surface area contributed by atoms with Gasteiger partial charge in [-0.1, -0.05) is 57.8 Å². The first-order valence-corrected chi connectivity index (χ1v) is 9.16. The lowest BCUT2D eigenvalue weighted by Crippen LogP contribution is -2.30. The van der Waals surface area contributed by atoms with Gasteiger partial charge < -0.3 is 10.1 Å². The van der Waals surface area contributed by atoms with Crippen LogP contribution in [0.1, 0.15) is 89.9 Å². The van der Waals surface area contributed by atoms with Crippen molar-refractivity contribution in [2.24, 2.45) is 0 Å². The highest BCUT2D eigenvalue weighted by Crippen LogP contribution is 2.17. The van der Waals surface area contributed by atoms with E-state index in [-0.39, 0.29) is 0 Å². The molecule has 0 aromatic rings. The summed E-state index contributed by atoms with van der Waals surface area (Å²) in [6.45, 7) is 2.12. The van der Waals surface area contributed by atoms with Gasteiger partial charge in [0.2, 0.25) is 0 Å². The molecule has 1 N–H and O–H groups in total. The zero-order chi connectivity index (χ0) is 14.3. The molecule has 0 saturated heterocycles. The fraction of sp³-hybridized carbons (Fsp3) is 1.00. The van der Waals surface area contributed by atoms with Gasteiger partial charge in [0.15, 0.2) is 0 Å². The highest BCUT2D eigenvalue weighted by atomic mass is 16.5. The van der Waals surface area contributed by atoms with Gasteiger partial charge in [-0.05, 0) is 38.6 Å². The summed E-state index contributed by atoms with van der Waals surface area (Å²) in [5, 5.41) is 3.81. The van der Waals surface area contributed by atoms with Crippen LogP contribution in [0.3, 0.4) is 0 Å². The molecule has 1 saturated carbocycles. The van der Waals surface area contributed by atoms with E-state index in [1.807, 2.05) is 0 Å². The normalized spacial score (nSPS) is 20.2. The Morgan fingerprint density at radius 3 is 1.85 bits per heavy atom. The fourth-order valence-electron chi connectivity index (χ4n) is 3.22. The summed E-state index contributed by atoms with van der Waals surface area (Å²) in [5.41, 5.74) is 0. The maximum atomic E-state index is 5.10. The second kappa shape index (κ2) is 13.9. The molecular formula is C18H37NO. The number of unbranched alkanes of at least 4 members (excludes halogenated alkanes) is 2. The average Bonchev–Trinajstić information content (AvgIpc) is 2.45. The minimum absolute atomic E-state index is 0.789. The first-order valence-electron chi connectivity index (χ1n) is 9.16. The monoisotopic (exact) mass is 283 g/mol. The van der Waals surface area contributed by atoms with Crippen LogP contribution in [-0.2, 0) is 4.74 Å². The molecule has 0 amide bonds. The van der Waals surface area contributed by atoms with Crippen molar-refractivity contribution in [3.8, 4) is 0 Å². The number of ether oxygens (including phenoxy) is 1. The van der Waals surface area contributed by atoms with Crippen LogP contribution < -0.4 is 5.32 Å². The molecule has 0 atom stereocenters. The Bertz CT molecular complexity index is 184. The van der Waals surface area contributed by atoms with Crippen LogP contribution in [0.2, 0.25) is 0 Å².